The van der Waals surface area contributed by atoms with Crippen LogP contribution in [0.15, 0.2) is 60.2 Å². The fraction of sp³-hybridized carbons (Fsp3) is 0.346. The van der Waals surface area contributed by atoms with E-state index in [-0.39, 0.29) is 18.4 Å². The first kappa shape index (κ1) is 24.4. The molecule has 1 amide bonds. The molecule has 3 aromatic rings. The van der Waals surface area contributed by atoms with Gasteiger partial charge >= 0.3 is 0 Å². The quantitative estimate of drug-likeness (QED) is 0.235. The van der Waals surface area contributed by atoms with Crippen molar-refractivity contribution in [3.63, 3.8) is 0 Å². The molecule has 0 radical (unpaired) electrons. The number of aromatic nitrogens is 2. The molecule has 0 saturated heterocycles. The van der Waals surface area contributed by atoms with Crippen LogP contribution in [0.25, 0.3) is 11.0 Å². The summed E-state index contributed by atoms with van der Waals surface area (Å²) in [5, 5.41) is 17.8. The van der Waals surface area contributed by atoms with Crippen molar-refractivity contribution in [2.45, 2.75) is 25.9 Å². The lowest BCUT2D eigenvalue weighted by molar-refractivity contribution is -0.121. The van der Waals surface area contributed by atoms with E-state index in [1.807, 2.05) is 49.4 Å². The molecule has 9 heteroatoms. The number of hydrazone groups is 1. The van der Waals surface area contributed by atoms with Crippen molar-refractivity contribution in [1.29, 1.82) is 0 Å². The number of carbonyl (C=O) groups excluding carboxylic acids is 1. The smallest absolute Gasteiger partial charge is 0.240 e. The van der Waals surface area contributed by atoms with Gasteiger partial charge in [0.15, 0.2) is 11.5 Å². The highest BCUT2D eigenvalue weighted by Gasteiger charge is 2.22. The fourth-order valence-electron chi connectivity index (χ4n) is 3.90. The third-order valence-corrected chi connectivity index (χ3v) is 5.64. The standard InChI is InChI=1S/C26H31N5O4/c1-3-12-34-22-6-4-5-7-23(22)35-16-19(32)15-27-11-10-24-28-20-9-8-18(14-21(20)29-24)26-17(2)13-25(33)30-31-26/h3-9,14,17,19,27,32H,1,10-13,15-16H2,2H3,(H,28,29)(H,30,33). The van der Waals surface area contributed by atoms with Crippen molar-refractivity contribution in [2.75, 3.05) is 26.3 Å². The topological polar surface area (TPSA) is 121 Å². The molecule has 0 spiro atoms. The van der Waals surface area contributed by atoms with Gasteiger partial charge in [0.1, 0.15) is 25.1 Å². The average Bonchev–Trinajstić information content (AvgIpc) is 3.26. The Hall–Kier alpha value is -3.69. The Morgan fingerprint density at radius 3 is 2.83 bits per heavy atom. The molecule has 35 heavy (non-hydrogen) atoms. The first-order chi connectivity index (χ1) is 17.0. The van der Waals surface area contributed by atoms with Crippen molar-refractivity contribution < 1.29 is 19.4 Å². The van der Waals surface area contributed by atoms with E-state index in [2.05, 4.69) is 32.4 Å². The summed E-state index contributed by atoms with van der Waals surface area (Å²) in [4.78, 5) is 19.5. The predicted molar refractivity (Wildman–Crippen MR) is 135 cm³/mol. The Balaban J connectivity index is 1.24. The van der Waals surface area contributed by atoms with Gasteiger partial charge in [-0.2, -0.15) is 5.10 Å². The third-order valence-electron chi connectivity index (χ3n) is 5.64. The molecule has 0 aliphatic carbocycles. The number of hydrogen-bond acceptors (Lipinski definition) is 7. The number of rotatable bonds is 12. The maximum Gasteiger partial charge on any atom is 0.240 e. The second kappa shape index (κ2) is 11.6. The minimum absolute atomic E-state index is 0.0577. The number of ether oxygens (including phenoxy) is 2. The van der Waals surface area contributed by atoms with Gasteiger partial charge in [-0.05, 0) is 24.3 Å². The second-order valence-corrected chi connectivity index (χ2v) is 8.52. The summed E-state index contributed by atoms with van der Waals surface area (Å²) in [6.07, 6.45) is 2.12. The van der Waals surface area contributed by atoms with Gasteiger partial charge in [-0.15, -0.1) is 0 Å². The van der Waals surface area contributed by atoms with Crippen LogP contribution in [0.1, 0.15) is 24.7 Å². The van der Waals surface area contributed by atoms with Gasteiger partial charge in [-0.25, -0.2) is 10.4 Å². The highest BCUT2D eigenvalue weighted by molar-refractivity contribution is 6.07. The molecule has 1 aromatic heterocycles. The molecule has 0 saturated carbocycles. The Kier molecular flexibility index (Phi) is 8.12. The lowest BCUT2D eigenvalue weighted by atomic mass is 9.94. The van der Waals surface area contributed by atoms with Crippen molar-refractivity contribution in [3.8, 4) is 11.5 Å². The molecule has 1 aliphatic heterocycles. The Labute approximate surface area is 204 Å². The lowest BCUT2D eigenvalue weighted by Crippen LogP contribution is -2.32. The van der Waals surface area contributed by atoms with Crippen LogP contribution in [-0.2, 0) is 11.2 Å². The summed E-state index contributed by atoms with van der Waals surface area (Å²) in [6, 6.07) is 13.3. The maximum atomic E-state index is 11.5. The number of aliphatic hydroxyl groups is 1. The molecular weight excluding hydrogens is 446 g/mol. The van der Waals surface area contributed by atoms with Gasteiger partial charge in [-0.3, -0.25) is 4.79 Å². The van der Waals surface area contributed by atoms with E-state index in [0.717, 1.165) is 28.1 Å². The molecule has 2 heterocycles. The van der Waals surface area contributed by atoms with Crippen LogP contribution in [0.3, 0.4) is 0 Å². The first-order valence-corrected chi connectivity index (χ1v) is 11.7. The van der Waals surface area contributed by atoms with Crippen LogP contribution in [0, 0.1) is 5.92 Å². The molecule has 2 aromatic carbocycles. The lowest BCUT2D eigenvalue weighted by Gasteiger charge is -2.18. The van der Waals surface area contributed by atoms with Gasteiger partial charge < -0.3 is 24.9 Å². The van der Waals surface area contributed by atoms with Crippen LogP contribution < -0.4 is 20.2 Å². The molecule has 2 atom stereocenters. The zero-order chi connectivity index (χ0) is 24.6. The second-order valence-electron chi connectivity index (χ2n) is 8.52. The summed E-state index contributed by atoms with van der Waals surface area (Å²) in [5.74, 6) is 2.08. The van der Waals surface area contributed by atoms with Crippen molar-refractivity contribution >= 4 is 22.7 Å². The summed E-state index contributed by atoms with van der Waals surface area (Å²) < 4.78 is 11.3. The molecule has 184 valence electrons. The Morgan fingerprint density at radius 2 is 2.06 bits per heavy atom. The number of hydrogen-bond donors (Lipinski definition) is 4. The number of benzene rings is 2. The largest absolute Gasteiger partial charge is 0.487 e. The van der Waals surface area contributed by atoms with Crippen molar-refractivity contribution in [3.05, 3.63) is 66.5 Å². The number of carbonyl (C=O) groups is 1. The number of imidazole rings is 1. The van der Waals surface area contributed by atoms with Crippen LogP contribution in [0.2, 0.25) is 0 Å². The highest BCUT2D eigenvalue weighted by Crippen LogP contribution is 2.26. The molecular formula is C26H31N5O4. The normalized spacial score (nSPS) is 16.5. The number of H-pyrrole nitrogens is 1. The van der Waals surface area contributed by atoms with Gasteiger partial charge in [0.25, 0.3) is 0 Å². The molecule has 0 fully saturated rings. The van der Waals surface area contributed by atoms with E-state index in [9.17, 15) is 9.90 Å². The molecule has 0 bridgehead atoms. The van der Waals surface area contributed by atoms with E-state index in [4.69, 9.17) is 9.47 Å². The SMILES string of the molecule is C=CCOc1ccccc1OCC(O)CNCCc1nc2ccc(C3=NNC(=O)CC3C)cc2[nH]1. The van der Waals surface area contributed by atoms with Crippen LogP contribution in [0.4, 0.5) is 0 Å². The number of nitrogens with one attached hydrogen (secondary N) is 3. The van der Waals surface area contributed by atoms with Crippen LogP contribution in [0.5, 0.6) is 11.5 Å². The molecule has 4 N–H and O–H groups in total. The maximum absolute atomic E-state index is 11.5. The van der Waals surface area contributed by atoms with E-state index in [0.29, 0.717) is 44.0 Å². The van der Waals surface area contributed by atoms with E-state index in [1.54, 1.807) is 6.08 Å². The summed E-state index contributed by atoms with van der Waals surface area (Å²) in [7, 11) is 0. The number of nitrogens with zero attached hydrogens (tertiary/aromatic N) is 2. The summed E-state index contributed by atoms with van der Waals surface area (Å²) in [6.45, 7) is 7.23. The van der Waals surface area contributed by atoms with Crippen LogP contribution in [-0.4, -0.2) is 59.1 Å². The number of amides is 1. The zero-order valence-corrected chi connectivity index (χ0v) is 19.8. The molecule has 4 rings (SSSR count). The van der Waals surface area contributed by atoms with E-state index in [1.165, 1.54) is 0 Å². The average molecular weight is 478 g/mol. The monoisotopic (exact) mass is 477 g/mol. The van der Waals surface area contributed by atoms with Crippen molar-refractivity contribution in [2.24, 2.45) is 11.0 Å². The first-order valence-electron chi connectivity index (χ1n) is 11.7. The molecule has 1 aliphatic rings. The van der Waals surface area contributed by atoms with E-state index >= 15 is 0 Å². The number of aliphatic hydroxyl groups excluding tert-OH is 1. The molecule has 9 nitrogen and oxygen atoms in total. The minimum atomic E-state index is -0.667. The minimum Gasteiger partial charge on any atom is -0.487 e. The predicted octanol–water partition coefficient (Wildman–Crippen LogP) is 2.56. The molecule has 2 unspecified atom stereocenters. The number of aromatic amines is 1. The van der Waals surface area contributed by atoms with E-state index < -0.39 is 6.10 Å². The van der Waals surface area contributed by atoms with Gasteiger partial charge in [-0.1, -0.05) is 37.8 Å². The highest BCUT2D eigenvalue weighted by atomic mass is 16.5. The zero-order valence-electron chi connectivity index (χ0n) is 19.8. The number of para-hydroxylation sites is 2. The Morgan fingerprint density at radius 1 is 1.26 bits per heavy atom. The van der Waals surface area contributed by atoms with Crippen LogP contribution >= 0.6 is 0 Å². The summed E-state index contributed by atoms with van der Waals surface area (Å²) in [5.41, 5.74) is 6.21. The van der Waals surface area contributed by atoms with Gasteiger partial charge in [0.05, 0.1) is 16.7 Å². The Bertz CT molecular complexity index is 1210. The third kappa shape index (κ3) is 6.46. The fourth-order valence-corrected chi connectivity index (χ4v) is 3.90. The van der Waals surface area contributed by atoms with Gasteiger partial charge in [0.2, 0.25) is 5.91 Å². The number of fused-ring (bicyclic) bond motifs is 1. The van der Waals surface area contributed by atoms with Crippen molar-refractivity contribution in [1.82, 2.24) is 20.7 Å². The van der Waals surface area contributed by atoms with Gasteiger partial charge in [0, 0.05) is 37.4 Å². The summed E-state index contributed by atoms with van der Waals surface area (Å²) >= 11 is 0.